The molecule has 1 fully saturated rings. The number of hydrogen-bond acceptors (Lipinski definition) is 6. The summed E-state index contributed by atoms with van der Waals surface area (Å²) < 4.78 is 30.4. The van der Waals surface area contributed by atoms with Gasteiger partial charge >= 0.3 is 0 Å². The summed E-state index contributed by atoms with van der Waals surface area (Å²) in [5, 5.41) is 17.0. The van der Waals surface area contributed by atoms with Gasteiger partial charge in [-0.1, -0.05) is 18.2 Å². The smallest absolute Gasteiger partial charge is 0.269 e. The number of H-pyrrole nitrogens is 1. The third kappa shape index (κ3) is 3.76. The SMILES string of the molecule is N#CC[C@H]1CC[C@H](n2c(Cc3ccn[nH]3)nc3cnc4c(ccn4S(=O)(=O)c4ccccc4)c32)CC1. The largest absolute Gasteiger partial charge is 0.324 e. The lowest BCUT2D eigenvalue weighted by atomic mass is 9.84. The van der Waals surface area contributed by atoms with Gasteiger partial charge in [0.2, 0.25) is 0 Å². The molecule has 1 aliphatic carbocycles. The van der Waals surface area contributed by atoms with E-state index in [4.69, 9.17) is 10.2 Å². The summed E-state index contributed by atoms with van der Waals surface area (Å²) >= 11 is 0. The summed E-state index contributed by atoms with van der Waals surface area (Å²) in [6.07, 6.45) is 10.0. The molecule has 1 saturated carbocycles. The van der Waals surface area contributed by atoms with Crippen molar-refractivity contribution in [3.05, 3.63) is 72.6 Å². The minimum Gasteiger partial charge on any atom is -0.324 e. The van der Waals surface area contributed by atoms with Crippen LogP contribution in [0.5, 0.6) is 0 Å². The Balaban J connectivity index is 1.51. The monoisotopic (exact) mass is 499 g/mol. The highest BCUT2D eigenvalue weighted by atomic mass is 32.2. The molecule has 0 atom stereocenters. The predicted octanol–water partition coefficient (Wildman–Crippen LogP) is 4.58. The van der Waals surface area contributed by atoms with E-state index in [1.54, 1.807) is 48.9 Å². The van der Waals surface area contributed by atoms with E-state index in [-0.39, 0.29) is 10.9 Å². The molecular weight excluding hydrogens is 474 g/mol. The minimum absolute atomic E-state index is 0.211. The molecule has 4 aromatic heterocycles. The van der Waals surface area contributed by atoms with Crippen LogP contribution in [0.1, 0.15) is 49.7 Å². The molecule has 5 aromatic rings. The Morgan fingerprint density at radius 1 is 1.08 bits per heavy atom. The molecular formula is C26H25N7O2S. The number of pyridine rings is 1. The predicted molar refractivity (Wildman–Crippen MR) is 135 cm³/mol. The van der Waals surface area contributed by atoms with E-state index in [1.807, 2.05) is 12.1 Å². The maximum absolute atomic E-state index is 13.4. The quantitative estimate of drug-likeness (QED) is 0.365. The Hall–Kier alpha value is -3.97. The number of aromatic nitrogens is 6. The molecule has 4 heterocycles. The number of rotatable bonds is 6. The molecule has 0 amide bonds. The van der Waals surface area contributed by atoms with Crippen molar-refractivity contribution in [1.29, 1.82) is 5.26 Å². The topological polar surface area (TPSA) is 122 Å². The van der Waals surface area contributed by atoms with E-state index in [9.17, 15) is 8.42 Å². The highest BCUT2D eigenvalue weighted by molar-refractivity contribution is 7.90. The van der Waals surface area contributed by atoms with Crippen LogP contribution in [0, 0.1) is 17.2 Å². The average molecular weight is 500 g/mol. The van der Waals surface area contributed by atoms with Crippen LogP contribution in [0.2, 0.25) is 0 Å². The molecule has 1 N–H and O–H groups in total. The Morgan fingerprint density at radius 3 is 2.61 bits per heavy atom. The van der Waals surface area contributed by atoms with Crippen molar-refractivity contribution >= 4 is 32.1 Å². The second-order valence-corrected chi connectivity index (χ2v) is 11.2. The highest BCUT2D eigenvalue weighted by Gasteiger charge is 2.28. The molecule has 0 radical (unpaired) electrons. The fourth-order valence-corrected chi connectivity index (χ4v) is 6.73. The summed E-state index contributed by atoms with van der Waals surface area (Å²) in [6.45, 7) is 0. The zero-order valence-electron chi connectivity index (χ0n) is 19.6. The number of nitrogens with zero attached hydrogens (tertiary/aromatic N) is 6. The molecule has 0 bridgehead atoms. The van der Waals surface area contributed by atoms with Gasteiger partial charge in [0.15, 0.2) is 5.65 Å². The first kappa shape index (κ1) is 22.5. The summed E-state index contributed by atoms with van der Waals surface area (Å²) in [6, 6.07) is 14.7. The van der Waals surface area contributed by atoms with Crippen molar-refractivity contribution in [1.82, 2.24) is 28.7 Å². The summed E-state index contributed by atoms with van der Waals surface area (Å²) in [7, 11) is -3.80. The Kier molecular flexibility index (Phi) is 5.57. The lowest BCUT2D eigenvalue weighted by Gasteiger charge is -2.30. The Labute approximate surface area is 208 Å². The lowest BCUT2D eigenvalue weighted by molar-refractivity contribution is 0.278. The molecule has 10 heteroatoms. The number of nitrogens with one attached hydrogen (secondary N) is 1. The van der Waals surface area contributed by atoms with Crippen LogP contribution in [0.15, 0.2) is 66.0 Å². The van der Waals surface area contributed by atoms with Crippen molar-refractivity contribution in [2.24, 2.45) is 5.92 Å². The second-order valence-electron chi connectivity index (χ2n) is 9.35. The summed E-state index contributed by atoms with van der Waals surface area (Å²) in [5.74, 6) is 1.32. The number of fused-ring (bicyclic) bond motifs is 3. The number of imidazole rings is 1. The second kappa shape index (κ2) is 8.91. The van der Waals surface area contributed by atoms with Gasteiger partial charge in [-0.15, -0.1) is 0 Å². The minimum atomic E-state index is -3.80. The number of hydrogen-bond donors (Lipinski definition) is 1. The van der Waals surface area contributed by atoms with E-state index < -0.39 is 10.0 Å². The molecule has 182 valence electrons. The zero-order chi connectivity index (χ0) is 24.7. The van der Waals surface area contributed by atoms with E-state index in [0.717, 1.165) is 53.6 Å². The van der Waals surface area contributed by atoms with Gasteiger partial charge in [0, 0.05) is 42.4 Å². The molecule has 1 aromatic carbocycles. The van der Waals surface area contributed by atoms with Crippen LogP contribution >= 0.6 is 0 Å². The summed E-state index contributed by atoms with van der Waals surface area (Å²) in [5.41, 5.74) is 2.99. The van der Waals surface area contributed by atoms with E-state index in [0.29, 0.717) is 24.4 Å². The Bertz CT molecular complexity index is 1670. The maximum atomic E-state index is 13.4. The van der Waals surface area contributed by atoms with Gasteiger partial charge in [-0.3, -0.25) is 5.10 Å². The van der Waals surface area contributed by atoms with E-state index in [2.05, 4.69) is 25.8 Å². The number of nitriles is 1. The number of aromatic amines is 1. The normalized spacial score (nSPS) is 18.5. The first-order valence-electron chi connectivity index (χ1n) is 12.1. The molecule has 0 saturated heterocycles. The molecule has 1 aliphatic rings. The standard InChI is InChI=1S/C26H25N7O2S/c27-13-10-18-6-8-20(9-7-18)33-24(16-19-11-14-29-31-19)30-23-17-28-26-22(25(23)33)12-15-32(26)36(34,35)21-4-2-1-3-5-21/h1-5,11-12,14-15,17-18,20H,6-10,16H2,(H,29,31)/t18-,20-. The molecule has 36 heavy (non-hydrogen) atoms. The third-order valence-electron chi connectivity index (χ3n) is 7.17. The maximum Gasteiger partial charge on any atom is 0.269 e. The fraction of sp³-hybridized carbons (Fsp3) is 0.308. The van der Waals surface area contributed by atoms with Crippen LogP contribution in [-0.2, 0) is 16.4 Å². The van der Waals surface area contributed by atoms with Crippen molar-refractivity contribution in [3.8, 4) is 6.07 Å². The van der Waals surface area contributed by atoms with Crippen molar-refractivity contribution in [2.45, 2.75) is 49.5 Å². The van der Waals surface area contributed by atoms with E-state index in [1.165, 1.54) is 3.97 Å². The molecule has 6 rings (SSSR count). The van der Waals surface area contributed by atoms with Crippen LogP contribution < -0.4 is 0 Å². The molecule has 0 unspecified atom stereocenters. The van der Waals surface area contributed by atoms with Crippen molar-refractivity contribution in [2.75, 3.05) is 0 Å². The van der Waals surface area contributed by atoms with Crippen LogP contribution in [0.25, 0.3) is 22.1 Å². The number of benzene rings is 1. The van der Waals surface area contributed by atoms with Gasteiger partial charge < -0.3 is 4.57 Å². The molecule has 9 nitrogen and oxygen atoms in total. The van der Waals surface area contributed by atoms with Crippen LogP contribution in [0.4, 0.5) is 0 Å². The van der Waals surface area contributed by atoms with Gasteiger partial charge in [-0.2, -0.15) is 10.4 Å². The third-order valence-corrected chi connectivity index (χ3v) is 8.85. The van der Waals surface area contributed by atoms with Crippen LogP contribution in [0.3, 0.4) is 0 Å². The fourth-order valence-electron chi connectivity index (χ4n) is 5.40. The highest BCUT2D eigenvalue weighted by Crippen LogP contribution is 2.38. The Morgan fingerprint density at radius 2 is 1.89 bits per heavy atom. The van der Waals surface area contributed by atoms with Crippen LogP contribution in [-0.4, -0.2) is 37.1 Å². The van der Waals surface area contributed by atoms with Gasteiger partial charge in [-0.05, 0) is 55.9 Å². The van der Waals surface area contributed by atoms with Crippen molar-refractivity contribution in [3.63, 3.8) is 0 Å². The van der Waals surface area contributed by atoms with E-state index >= 15 is 0 Å². The van der Waals surface area contributed by atoms with Crippen molar-refractivity contribution < 1.29 is 8.42 Å². The molecule has 0 aliphatic heterocycles. The van der Waals surface area contributed by atoms with Gasteiger partial charge in [0.05, 0.1) is 22.7 Å². The zero-order valence-corrected chi connectivity index (χ0v) is 20.4. The average Bonchev–Trinajstić information content (AvgIpc) is 3.64. The van der Waals surface area contributed by atoms with Gasteiger partial charge in [0.25, 0.3) is 10.0 Å². The molecule has 0 spiro atoms. The van der Waals surface area contributed by atoms with Gasteiger partial charge in [0.1, 0.15) is 11.3 Å². The first-order chi connectivity index (χ1) is 17.6. The summed E-state index contributed by atoms with van der Waals surface area (Å²) in [4.78, 5) is 9.70. The van der Waals surface area contributed by atoms with Gasteiger partial charge in [-0.25, -0.2) is 22.4 Å². The lowest BCUT2D eigenvalue weighted by Crippen LogP contribution is -2.20. The first-order valence-corrected chi connectivity index (χ1v) is 13.5.